The molecule has 0 spiro atoms. The zero-order chi connectivity index (χ0) is 50.0. The molecule has 0 aromatic heterocycles. The Morgan fingerprint density at radius 1 is 0.391 bits per heavy atom. The van der Waals surface area contributed by atoms with Gasteiger partial charge in [-0.2, -0.15) is 0 Å². The van der Waals surface area contributed by atoms with Gasteiger partial charge < -0.3 is 20.3 Å². The van der Waals surface area contributed by atoms with Crippen LogP contribution in [-0.2, 0) is 14.3 Å². The molecule has 69 heavy (non-hydrogen) atoms. The number of hydrogen-bond donors (Lipinski definition) is 3. The van der Waals surface area contributed by atoms with E-state index in [2.05, 4.69) is 19.2 Å². The second kappa shape index (κ2) is 59.2. The molecule has 0 aromatic rings. The normalized spacial score (nSPS) is 12.6. The Morgan fingerprint density at radius 2 is 0.667 bits per heavy atom. The highest BCUT2D eigenvalue weighted by Gasteiger charge is 2.18. The number of hydrogen-bond acceptors (Lipinski definition) is 5. The van der Waals surface area contributed by atoms with E-state index in [1.165, 1.54) is 270 Å². The predicted octanol–water partition coefficient (Wildman–Crippen LogP) is 19.6. The number of aliphatic hydroxyl groups is 2. The molecule has 0 aliphatic heterocycles. The number of amides is 1. The average Bonchev–Trinajstić information content (AvgIpc) is 3.35. The lowest BCUT2D eigenvalue weighted by Crippen LogP contribution is -2.45. The van der Waals surface area contributed by atoms with Gasteiger partial charge in [-0.15, -0.1) is 0 Å². The molecule has 2 atom stereocenters. The van der Waals surface area contributed by atoms with E-state index in [1.54, 1.807) is 6.08 Å². The van der Waals surface area contributed by atoms with E-state index >= 15 is 0 Å². The van der Waals surface area contributed by atoms with Gasteiger partial charge in [0, 0.05) is 12.8 Å². The monoisotopic (exact) mass is 974 g/mol. The highest BCUT2D eigenvalue weighted by atomic mass is 16.5. The molecule has 6 heteroatoms. The molecule has 3 N–H and O–H groups in total. The zero-order valence-corrected chi connectivity index (χ0v) is 46.8. The zero-order valence-electron chi connectivity index (χ0n) is 46.8. The maximum atomic E-state index is 12.5. The van der Waals surface area contributed by atoms with Gasteiger partial charge in [-0.25, -0.2) is 0 Å². The van der Waals surface area contributed by atoms with Crippen LogP contribution in [0.5, 0.6) is 0 Å². The molecule has 0 radical (unpaired) electrons. The summed E-state index contributed by atoms with van der Waals surface area (Å²) in [6.07, 6.45) is 71.1. The highest BCUT2D eigenvalue weighted by Crippen LogP contribution is 2.18. The third-order valence-corrected chi connectivity index (χ3v) is 14.8. The van der Waals surface area contributed by atoms with Gasteiger partial charge in [-0.1, -0.05) is 321 Å². The third kappa shape index (κ3) is 55.8. The van der Waals surface area contributed by atoms with Crippen LogP contribution in [0.2, 0.25) is 0 Å². The molecule has 0 aliphatic rings. The summed E-state index contributed by atoms with van der Waals surface area (Å²) in [5, 5.41) is 23.2. The van der Waals surface area contributed by atoms with Crippen LogP contribution in [0.25, 0.3) is 0 Å². The van der Waals surface area contributed by atoms with E-state index in [0.717, 1.165) is 57.8 Å². The Kier molecular flexibility index (Phi) is 58.0. The average molecular weight is 975 g/mol. The van der Waals surface area contributed by atoms with Gasteiger partial charge in [0.2, 0.25) is 5.91 Å². The summed E-state index contributed by atoms with van der Waals surface area (Å²) in [7, 11) is 0. The lowest BCUT2D eigenvalue weighted by atomic mass is 10.0. The van der Waals surface area contributed by atoms with E-state index in [0.29, 0.717) is 19.4 Å². The number of allylic oxidation sites excluding steroid dienone is 1. The van der Waals surface area contributed by atoms with Gasteiger partial charge in [0.15, 0.2) is 0 Å². The SMILES string of the molecule is CCCCCCCCCCCCCCCCCCCCCCC/C=C/C(O)C(CO)NC(=O)CCCCCCCCCCCCOC(=O)CCCCCCCCCCCCCCCCCCCCC. The van der Waals surface area contributed by atoms with Crippen LogP contribution in [0.15, 0.2) is 12.2 Å². The molecular formula is C63H123NO5. The Morgan fingerprint density at radius 3 is 0.986 bits per heavy atom. The van der Waals surface area contributed by atoms with Gasteiger partial charge in [0.05, 0.1) is 25.4 Å². The minimum atomic E-state index is -0.859. The van der Waals surface area contributed by atoms with E-state index in [9.17, 15) is 19.8 Å². The second-order valence-electron chi connectivity index (χ2n) is 21.8. The number of aliphatic hydroxyl groups excluding tert-OH is 2. The van der Waals surface area contributed by atoms with Crippen LogP contribution < -0.4 is 5.32 Å². The first-order chi connectivity index (χ1) is 34.0. The maximum absolute atomic E-state index is 12.5. The molecule has 6 nitrogen and oxygen atoms in total. The first-order valence-corrected chi connectivity index (χ1v) is 31.5. The maximum Gasteiger partial charge on any atom is 0.305 e. The van der Waals surface area contributed by atoms with Crippen LogP contribution in [0.1, 0.15) is 354 Å². The first kappa shape index (κ1) is 67.6. The standard InChI is InChI=1S/C63H123NO5/c1-3-5-7-9-11-13-15-17-19-21-23-24-25-26-28-29-31-33-35-39-43-47-51-55-61(66)60(59-65)64-62(67)56-52-48-44-40-37-38-42-46-50-54-58-69-63(68)57-53-49-45-41-36-34-32-30-27-22-20-18-16-14-12-10-8-6-4-2/h51,55,60-61,65-66H,3-50,52-54,56-59H2,1-2H3,(H,64,67)/b55-51+. The van der Waals surface area contributed by atoms with Crippen LogP contribution in [-0.4, -0.2) is 47.4 Å². The van der Waals surface area contributed by atoms with Crippen molar-refractivity contribution >= 4 is 11.9 Å². The summed E-state index contributed by atoms with van der Waals surface area (Å²) in [5.74, 6) is -0.101. The van der Waals surface area contributed by atoms with Crippen molar-refractivity contribution in [3.05, 3.63) is 12.2 Å². The molecule has 410 valence electrons. The first-order valence-electron chi connectivity index (χ1n) is 31.5. The largest absolute Gasteiger partial charge is 0.466 e. The van der Waals surface area contributed by atoms with Crippen molar-refractivity contribution in [2.24, 2.45) is 0 Å². The molecule has 2 unspecified atom stereocenters. The lowest BCUT2D eigenvalue weighted by molar-refractivity contribution is -0.143. The Bertz CT molecular complexity index is 1030. The molecule has 0 bridgehead atoms. The van der Waals surface area contributed by atoms with Crippen LogP contribution in [0.4, 0.5) is 0 Å². The smallest absolute Gasteiger partial charge is 0.305 e. The molecule has 0 saturated heterocycles. The van der Waals surface area contributed by atoms with Gasteiger partial charge in [0.25, 0.3) is 0 Å². The van der Waals surface area contributed by atoms with Gasteiger partial charge in [-0.3, -0.25) is 9.59 Å². The number of unbranched alkanes of at least 4 members (excludes halogenated alkanes) is 48. The van der Waals surface area contributed by atoms with Crippen molar-refractivity contribution in [2.45, 2.75) is 366 Å². The topological polar surface area (TPSA) is 95.9 Å². The van der Waals surface area contributed by atoms with Crippen molar-refractivity contribution in [1.29, 1.82) is 0 Å². The molecule has 0 aliphatic carbocycles. The molecule has 0 rings (SSSR count). The highest BCUT2D eigenvalue weighted by molar-refractivity contribution is 5.76. The molecule has 0 heterocycles. The number of esters is 1. The number of carbonyl (C=O) groups is 2. The van der Waals surface area contributed by atoms with Crippen LogP contribution >= 0.6 is 0 Å². The van der Waals surface area contributed by atoms with E-state index in [1.807, 2.05) is 6.08 Å². The second-order valence-corrected chi connectivity index (χ2v) is 21.8. The van der Waals surface area contributed by atoms with E-state index in [-0.39, 0.29) is 18.5 Å². The summed E-state index contributed by atoms with van der Waals surface area (Å²) >= 11 is 0. The number of carbonyl (C=O) groups excluding carboxylic acids is 2. The van der Waals surface area contributed by atoms with Gasteiger partial charge in [0.1, 0.15) is 0 Å². The molecule has 0 fully saturated rings. The number of nitrogens with one attached hydrogen (secondary N) is 1. The Hall–Kier alpha value is -1.40. The third-order valence-electron chi connectivity index (χ3n) is 14.8. The van der Waals surface area contributed by atoms with Crippen molar-refractivity contribution in [1.82, 2.24) is 5.32 Å². The van der Waals surface area contributed by atoms with Crippen LogP contribution in [0.3, 0.4) is 0 Å². The summed E-state index contributed by atoms with van der Waals surface area (Å²) < 4.78 is 5.48. The minimum absolute atomic E-state index is 0.0147. The fraction of sp³-hybridized carbons (Fsp3) is 0.937. The Labute approximate surface area is 431 Å². The van der Waals surface area contributed by atoms with Crippen LogP contribution in [0, 0.1) is 0 Å². The summed E-state index contributed by atoms with van der Waals surface area (Å²) in [6, 6.07) is -0.645. The molecular weight excluding hydrogens is 851 g/mol. The van der Waals surface area contributed by atoms with E-state index in [4.69, 9.17) is 4.74 Å². The summed E-state index contributed by atoms with van der Waals surface area (Å²) in [4.78, 5) is 24.6. The van der Waals surface area contributed by atoms with E-state index < -0.39 is 12.1 Å². The number of rotatable bonds is 59. The fourth-order valence-corrected chi connectivity index (χ4v) is 9.99. The minimum Gasteiger partial charge on any atom is -0.466 e. The predicted molar refractivity (Wildman–Crippen MR) is 301 cm³/mol. The lowest BCUT2D eigenvalue weighted by Gasteiger charge is -2.20. The van der Waals surface area contributed by atoms with Gasteiger partial charge >= 0.3 is 5.97 Å². The summed E-state index contributed by atoms with van der Waals surface area (Å²) in [5.41, 5.74) is 0. The quantitative estimate of drug-likeness (QED) is 0.0321. The van der Waals surface area contributed by atoms with Crippen molar-refractivity contribution in [3.8, 4) is 0 Å². The molecule has 0 saturated carbocycles. The van der Waals surface area contributed by atoms with Gasteiger partial charge in [-0.05, 0) is 32.1 Å². The molecule has 1 amide bonds. The fourth-order valence-electron chi connectivity index (χ4n) is 9.99. The van der Waals surface area contributed by atoms with Crippen molar-refractivity contribution in [2.75, 3.05) is 13.2 Å². The summed E-state index contributed by atoms with van der Waals surface area (Å²) in [6.45, 7) is 4.89. The number of ether oxygens (including phenoxy) is 1. The molecule has 0 aromatic carbocycles. The van der Waals surface area contributed by atoms with Crippen molar-refractivity contribution < 1.29 is 24.5 Å². The Balaban J connectivity index is 3.46. The van der Waals surface area contributed by atoms with Crippen molar-refractivity contribution in [3.63, 3.8) is 0 Å².